The van der Waals surface area contributed by atoms with Gasteiger partial charge in [-0.15, -0.1) is 6.58 Å². The molecule has 1 amide bonds. The summed E-state index contributed by atoms with van der Waals surface area (Å²) in [5.74, 6) is 1.65. The van der Waals surface area contributed by atoms with Gasteiger partial charge in [0.15, 0.2) is 0 Å². The molecular weight excluding hydrogens is 416 g/mol. The minimum absolute atomic E-state index is 0.0205. The normalized spacial score (nSPS) is 13.6. The molecule has 0 radical (unpaired) electrons. The van der Waals surface area contributed by atoms with Gasteiger partial charge in [-0.05, 0) is 48.7 Å². The van der Waals surface area contributed by atoms with Crippen LogP contribution in [0.1, 0.15) is 27.2 Å². The fraction of sp³-hybridized carbons (Fsp3) is 0.308. The molecule has 1 fully saturated rings. The van der Waals surface area contributed by atoms with Crippen LogP contribution >= 0.6 is 0 Å². The molecule has 2 heterocycles. The van der Waals surface area contributed by atoms with E-state index in [2.05, 4.69) is 21.7 Å². The van der Waals surface area contributed by atoms with E-state index >= 15 is 0 Å². The van der Waals surface area contributed by atoms with Crippen LogP contribution in [0.5, 0.6) is 11.5 Å². The SMILES string of the molecule is C=CCc1cccc(C)c1OCc1[nH]ncc1C(=O)N1CCN(c2ccc(OC)cc2)CC1. The number of methoxy groups -OCH3 is 1. The number of rotatable bonds is 8. The van der Waals surface area contributed by atoms with Gasteiger partial charge in [-0.1, -0.05) is 24.3 Å². The number of anilines is 1. The van der Waals surface area contributed by atoms with Gasteiger partial charge in [0, 0.05) is 31.9 Å². The molecule has 1 N–H and O–H groups in total. The molecule has 1 aliphatic heterocycles. The van der Waals surface area contributed by atoms with Crippen LogP contribution in [-0.4, -0.2) is 54.3 Å². The number of aromatic nitrogens is 2. The van der Waals surface area contributed by atoms with Crippen molar-refractivity contribution in [1.82, 2.24) is 15.1 Å². The van der Waals surface area contributed by atoms with Crippen LogP contribution < -0.4 is 14.4 Å². The molecule has 0 bridgehead atoms. The second-order valence-electron chi connectivity index (χ2n) is 8.08. The van der Waals surface area contributed by atoms with Crippen molar-refractivity contribution in [2.75, 3.05) is 38.2 Å². The van der Waals surface area contributed by atoms with Crippen LogP contribution in [0.25, 0.3) is 0 Å². The maximum Gasteiger partial charge on any atom is 0.257 e. The van der Waals surface area contributed by atoms with E-state index in [0.717, 1.165) is 47.8 Å². The number of piperazine rings is 1. The number of hydrogen-bond donors (Lipinski definition) is 1. The number of hydrogen-bond acceptors (Lipinski definition) is 5. The van der Waals surface area contributed by atoms with Gasteiger partial charge < -0.3 is 19.3 Å². The number of carbonyl (C=O) groups is 1. The summed E-state index contributed by atoms with van der Waals surface area (Å²) in [7, 11) is 1.66. The summed E-state index contributed by atoms with van der Waals surface area (Å²) in [6.45, 7) is 8.94. The maximum absolute atomic E-state index is 13.2. The lowest BCUT2D eigenvalue weighted by Gasteiger charge is -2.36. The molecule has 1 aromatic heterocycles. The zero-order chi connectivity index (χ0) is 23.2. The Kier molecular flexibility index (Phi) is 6.98. The zero-order valence-corrected chi connectivity index (χ0v) is 19.2. The molecule has 0 spiro atoms. The average Bonchev–Trinajstić information content (AvgIpc) is 3.32. The predicted molar refractivity (Wildman–Crippen MR) is 129 cm³/mol. The number of nitrogens with one attached hydrogen (secondary N) is 1. The van der Waals surface area contributed by atoms with E-state index in [1.165, 1.54) is 0 Å². The lowest BCUT2D eigenvalue weighted by Crippen LogP contribution is -2.48. The van der Waals surface area contributed by atoms with E-state index < -0.39 is 0 Å². The van der Waals surface area contributed by atoms with E-state index in [9.17, 15) is 4.79 Å². The monoisotopic (exact) mass is 446 g/mol. The number of H-pyrrole nitrogens is 1. The number of allylic oxidation sites excluding steroid dienone is 1. The van der Waals surface area contributed by atoms with E-state index in [4.69, 9.17) is 9.47 Å². The van der Waals surface area contributed by atoms with E-state index in [-0.39, 0.29) is 12.5 Å². The van der Waals surface area contributed by atoms with Gasteiger partial charge in [-0.3, -0.25) is 9.89 Å². The third kappa shape index (κ3) is 5.03. The topological polar surface area (TPSA) is 70.7 Å². The fourth-order valence-electron chi connectivity index (χ4n) is 4.12. The minimum Gasteiger partial charge on any atom is -0.497 e. The first-order chi connectivity index (χ1) is 16.1. The molecule has 33 heavy (non-hydrogen) atoms. The maximum atomic E-state index is 13.2. The molecule has 4 rings (SSSR count). The van der Waals surface area contributed by atoms with Crippen LogP contribution in [-0.2, 0) is 13.0 Å². The Morgan fingerprint density at radius 2 is 1.91 bits per heavy atom. The van der Waals surface area contributed by atoms with Crippen molar-refractivity contribution in [3.05, 3.63) is 83.7 Å². The Balaban J connectivity index is 1.39. The van der Waals surface area contributed by atoms with Crippen LogP contribution in [0.4, 0.5) is 5.69 Å². The molecule has 0 unspecified atom stereocenters. The summed E-state index contributed by atoms with van der Waals surface area (Å²) in [6.07, 6.45) is 4.18. The van der Waals surface area contributed by atoms with Crippen LogP contribution in [0.15, 0.2) is 61.3 Å². The Bertz CT molecular complexity index is 1100. The highest BCUT2D eigenvalue weighted by atomic mass is 16.5. The van der Waals surface area contributed by atoms with Crippen molar-refractivity contribution < 1.29 is 14.3 Å². The summed E-state index contributed by atoms with van der Waals surface area (Å²) in [6, 6.07) is 14.1. The van der Waals surface area contributed by atoms with Crippen molar-refractivity contribution in [2.24, 2.45) is 0 Å². The van der Waals surface area contributed by atoms with Gasteiger partial charge >= 0.3 is 0 Å². The Morgan fingerprint density at radius 3 is 2.61 bits per heavy atom. The summed E-state index contributed by atoms with van der Waals surface area (Å²) in [5.41, 5.74) is 4.51. The molecule has 0 aliphatic carbocycles. The van der Waals surface area contributed by atoms with Crippen LogP contribution in [0, 0.1) is 6.92 Å². The zero-order valence-electron chi connectivity index (χ0n) is 19.2. The first kappa shape index (κ1) is 22.5. The highest BCUT2D eigenvalue weighted by Crippen LogP contribution is 2.26. The van der Waals surface area contributed by atoms with Crippen molar-refractivity contribution in [3.63, 3.8) is 0 Å². The van der Waals surface area contributed by atoms with Crippen molar-refractivity contribution in [1.29, 1.82) is 0 Å². The fourth-order valence-corrected chi connectivity index (χ4v) is 4.12. The van der Waals surface area contributed by atoms with Gasteiger partial charge in [-0.2, -0.15) is 5.10 Å². The Hall–Kier alpha value is -3.74. The highest BCUT2D eigenvalue weighted by molar-refractivity contribution is 5.95. The molecule has 1 saturated heterocycles. The number of carbonyl (C=O) groups excluding carboxylic acids is 1. The molecule has 1 aliphatic rings. The molecule has 0 atom stereocenters. The first-order valence-electron chi connectivity index (χ1n) is 11.1. The summed E-state index contributed by atoms with van der Waals surface area (Å²) >= 11 is 0. The predicted octanol–water partition coefficient (Wildman–Crippen LogP) is 4.00. The number of aromatic amines is 1. The summed E-state index contributed by atoms with van der Waals surface area (Å²) < 4.78 is 11.4. The van der Waals surface area contributed by atoms with Crippen LogP contribution in [0.3, 0.4) is 0 Å². The van der Waals surface area contributed by atoms with E-state index in [1.54, 1.807) is 13.3 Å². The molecule has 7 heteroatoms. The van der Waals surface area contributed by atoms with Gasteiger partial charge in [-0.25, -0.2) is 0 Å². The Labute approximate surface area is 194 Å². The molecule has 172 valence electrons. The van der Waals surface area contributed by atoms with Crippen LogP contribution in [0.2, 0.25) is 0 Å². The number of nitrogens with zero attached hydrogens (tertiary/aromatic N) is 3. The van der Waals surface area contributed by atoms with Crippen molar-refractivity contribution in [3.8, 4) is 11.5 Å². The summed E-state index contributed by atoms with van der Waals surface area (Å²) in [5, 5.41) is 7.07. The molecule has 3 aromatic rings. The number of benzene rings is 2. The minimum atomic E-state index is -0.0205. The summed E-state index contributed by atoms with van der Waals surface area (Å²) in [4.78, 5) is 17.4. The van der Waals surface area contributed by atoms with Gasteiger partial charge in [0.1, 0.15) is 18.1 Å². The van der Waals surface area contributed by atoms with E-state index in [1.807, 2.05) is 60.4 Å². The number of ether oxygens (including phenoxy) is 2. The highest BCUT2D eigenvalue weighted by Gasteiger charge is 2.25. The van der Waals surface area contributed by atoms with Crippen molar-refractivity contribution in [2.45, 2.75) is 20.0 Å². The molecule has 2 aromatic carbocycles. The van der Waals surface area contributed by atoms with Gasteiger partial charge in [0.25, 0.3) is 5.91 Å². The molecule has 0 saturated carbocycles. The lowest BCUT2D eigenvalue weighted by atomic mass is 10.1. The number of para-hydroxylation sites is 1. The average molecular weight is 447 g/mol. The van der Waals surface area contributed by atoms with Gasteiger partial charge in [0.2, 0.25) is 0 Å². The standard InChI is InChI=1S/C26H30N4O3/c1-4-6-20-8-5-7-19(2)25(20)33-18-24-23(17-27-28-24)26(31)30-15-13-29(14-16-30)21-9-11-22(32-3)12-10-21/h4-5,7-12,17H,1,6,13-16,18H2,2-3H3,(H,27,28). The third-order valence-electron chi connectivity index (χ3n) is 5.97. The quantitative estimate of drug-likeness (QED) is 0.530. The first-order valence-corrected chi connectivity index (χ1v) is 11.1. The van der Waals surface area contributed by atoms with E-state index in [0.29, 0.717) is 24.3 Å². The second-order valence-corrected chi connectivity index (χ2v) is 8.08. The Morgan fingerprint density at radius 1 is 1.15 bits per heavy atom. The molecule has 7 nitrogen and oxygen atoms in total. The second kappa shape index (κ2) is 10.3. The largest absolute Gasteiger partial charge is 0.497 e. The number of aryl methyl sites for hydroxylation is 1. The number of amides is 1. The lowest BCUT2D eigenvalue weighted by molar-refractivity contribution is 0.0744. The smallest absolute Gasteiger partial charge is 0.257 e. The van der Waals surface area contributed by atoms with Gasteiger partial charge in [0.05, 0.1) is 24.6 Å². The molecular formula is C26H30N4O3. The third-order valence-corrected chi connectivity index (χ3v) is 5.97. The van der Waals surface area contributed by atoms with Crippen molar-refractivity contribution >= 4 is 11.6 Å².